The van der Waals surface area contributed by atoms with Crippen LogP contribution in [-0.4, -0.2) is 35.5 Å². The molecule has 1 amide bonds. The van der Waals surface area contributed by atoms with E-state index in [1.54, 1.807) is 6.08 Å². The van der Waals surface area contributed by atoms with E-state index in [1.165, 1.54) is 5.56 Å². The van der Waals surface area contributed by atoms with Crippen LogP contribution in [0.25, 0.3) is 11.0 Å². The van der Waals surface area contributed by atoms with Crippen molar-refractivity contribution in [1.29, 1.82) is 5.26 Å². The number of aromatic nitrogens is 2. The highest BCUT2D eigenvalue weighted by Crippen LogP contribution is 2.31. The molecule has 1 aromatic heterocycles. The highest BCUT2D eigenvalue weighted by atomic mass is 16.1. The number of hydrogen-bond donors (Lipinski definition) is 1. The maximum Gasteiger partial charge on any atom is 0.243 e. The Labute approximate surface area is 188 Å². The van der Waals surface area contributed by atoms with Gasteiger partial charge in [-0.05, 0) is 42.9 Å². The third-order valence-electron chi connectivity index (χ3n) is 5.94. The quantitative estimate of drug-likeness (QED) is 0.579. The summed E-state index contributed by atoms with van der Waals surface area (Å²) in [6.07, 6.45) is 4.72. The number of benzene rings is 2. The molecule has 6 nitrogen and oxygen atoms in total. The van der Waals surface area contributed by atoms with E-state index in [0.29, 0.717) is 29.5 Å². The molecule has 1 atom stereocenters. The van der Waals surface area contributed by atoms with Crippen LogP contribution in [0.1, 0.15) is 30.0 Å². The van der Waals surface area contributed by atoms with E-state index < -0.39 is 5.92 Å². The zero-order chi connectivity index (χ0) is 22.3. The molecule has 1 aliphatic heterocycles. The van der Waals surface area contributed by atoms with Gasteiger partial charge in [-0.25, -0.2) is 9.97 Å². The monoisotopic (exact) mass is 425 g/mol. The number of hydrogen-bond acceptors (Lipinski definition) is 5. The summed E-state index contributed by atoms with van der Waals surface area (Å²) >= 11 is 0. The first-order chi connectivity index (χ1) is 15.7. The van der Waals surface area contributed by atoms with Gasteiger partial charge in [-0.2, -0.15) is 5.26 Å². The Bertz CT molecular complexity index is 1130. The third-order valence-corrected chi connectivity index (χ3v) is 5.94. The van der Waals surface area contributed by atoms with Gasteiger partial charge in [0.15, 0.2) is 11.7 Å². The summed E-state index contributed by atoms with van der Waals surface area (Å²) in [5.74, 6) is -0.156. The number of anilines is 1. The van der Waals surface area contributed by atoms with Crippen LogP contribution in [0, 0.1) is 17.2 Å². The van der Waals surface area contributed by atoms with Crippen LogP contribution in [0.4, 0.5) is 5.82 Å². The van der Waals surface area contributed by atoms with Crippen molar-refractivity contribution in [3.8, 4) is 6.07 Å². The highest BCUT2D eigenvalue weighted by molar-refractivity contribution is 5.89. The number of nitrogens with zero attached hydrogens (tertiary/aromatic N) is 4. The van der Waals surface area contributed by atoms with Crippen LogP contribution >= 0.6 is 0 Å². The summed E-state index contributed by atoms with van der Waals surface area (Å²) in [6, 6.07) is 20.3. The number of piperidine rings is 1. The van der Waals surface area contributed by atoms with Gasteiger partial charge in [0, 0.05) is 19.6 Å². The summed E-state index contributed by atoms with van der Waals surface area (Å²) < 4.78 is 0. The molecule has 1 fully saturated rings. The normalized spacial score (nSPS) is 15.2. The average molecular weight is 426 g/mol. The van der Waals surface area contributed by atoms with E-state index in [9.17, 15) is 10.1 Å². The van der Waals surface area contributed by atoms with Crippen LogP contribution in [0.15, 0.2) is 67.3 Å². The van der Waals surface area contributed by atoms with Crippen molar-refractivity contribution in [2.75, 3.05) is 24.5 Å². The number of carbonyl (C=O) groups is 1. The topological polar surface area (TPSA) is 81.9 Å². The van der Waals surface area contributed by atoms with Crippen LogP contribution in [0.2, 0.25) is 0 Å². The highest BCUT2D eigenvalue weighted by Gasteiger charge is 2.30. The second-order valence-corrected chi connectivity index (χ2v) is 8.14. The molecule has 1 aliphatic rings. The fourth-order valence-electron chi connectivity index (χ4n) is 4.25. The second-order valence-electron chi connectivity index (χ2n) is 8.14. The smallest absolute Gasteiger partial charge is 0.243 e. The molecule has 2 heterocycles. The maximum absolute atomic E-state index is 12.7. The minimum atomic E-state index is -1.02. The third kappa shape index (κ3) is 4.78. The van der Waals surface area contributed by atoms with Crippen LogP contribution in [-0.2, 0) is 11.2 Å². The molecule has 6 heteroatoms. The molecule has 0 unspecified atom stereocenters. The van der Waals surface area contributed by atoms with Gasteiger partial charge >= 0.3 is 0 Å². The van der Waals surface area contributed by atoms with Crippen molar-refractivity contribution in [1.82, 2.24) is 15.3 Å². The predicted octanol–water partition coefficient (Wildman–Crippen LogP) is 4.00. The summed E-state index contributed by atoms with van der Waals surface area (Å²) in [5, 5.41) is 12.6. The van der Waals surface area contributed by atoms with E-state index in [-0.39, 0.29) is 5.91 Å². The molecular formula is C26H27N5O. The summed E-state index contributed by atoms with van der Waals surface area (Å²) in [7, 11) is 0. The Kier molecular flexibility index (Phi) is 6.76. The van der Waals surface area contributed by atoms with Crippen LogP contribution < -0.4 is 10.2 Å². The Morgan fingerprint density at radius 1 is 1.12 bits per heavy atom. The number of rotatable bonds is 7. The van der Waals surface area contributed by atoms with E-state index in [2.05, 4.69) is 47.1 Å². The number of carbonyl (C=O) groups excluding carboxylic acids is 1. The van der Waals surface area contributed by atoms with E-state index >= 15 is 0 Å². The minimum Gasteiger partial charge on any atom is -0.355 e. The molecule has 32 heavy (non-hydrogen) atoms. The molecule has 162 valence electrons. The van der Waals surface area contributed by atoms with Gasteiger partial charge in [-0.1, -0.05) is 48.5 Å². The summed E-state index contributed by atoms with van der Waals surface area (Å²) in [6.45, 7) is 5.58. The standard InChI is InChI=1S/C26H27N5O/c1-2-14-28-26(32)21(18-27)24-25(30-23-11-7-6-10-22(23)29-24)31-15-12-20(13-16-31)17-19-8-4-3-5-9-19/h2-11,20-21H,1,12-17H2,(H,28,32)/t21-/m1/s1. The van der Waals surface area contributed by atoms with Crippen molar-refractivity contribution < 1.29 is 4.79 Å². The van der Waals surface area contributed by atoms with E-state index in [4.69, 9.17) is 9.97 Å². The largest absolute Gasteiger partial charge is 0.355 e. The molecule has 0 aliphatic carbocycles. The first kappa shape index (κ1) is 21.5. The first-order valence-electron chi connectivity index (χ1n) is 11.0. The van der Waals surface area contributed by atoms with Gasteiger partial charge in [0.25, 0.3) is 0 Å². The number of para-hydroxylation sites is 2. The molecule has 3 aromatic rings. The lowest BCUT2D eigenvalue weighted by molar-refractivity contribution is -0.121. The Balaban J connectivity index is 1.60. The molecule has 0 bridgehead atoms. The van der Waals surface area contributed by atoms with Crippen molar-refractivity contribution in [2.45, 2.75) is 25.2 Å². The zero-order valence-corrected chi connectivity index (χ0v) is 18.1. The van der Waals surface area contributed by atoms with Crippen LogP contribution in [0.5, 0.6) is 0 Å². The minimum absolute atomic E-state index is 0.304. The molecule has 4 rings (SSSR count). The molecule has 0 saturated carbocycles. The Morgan fingerprint density at radius 3 is 2.44 bits per heavy atom. The van der Waals surface area contributed by atoms with Gasteiger partial charge in [-0.3, -0.25) is 4.79 Å². The molecular weight excluding hydrogens is 398 g/mol. The number of fused-ring (bicyclic) bond motifs is 1. The first-order valence-corrected chi connectivity index (χ1v) is 11.0. The molecule has 0 spiro atoms. The Hall–Kier alpha value is -3.72. The van der Waals surface area contributed by atoms with E-state index in [0.717, 1.165) is 37.9 Å². The maximum atomic E-state index is 12.7. The summed E-state index contributed by atoms with van der Waals surface area (Å²) in [4.78, 5) is 24.4. The Morgan fingerprint density at radius 2 is 1.78 bits per heavy atom. The van der Waals surface area contributed by atoms with Gasteiger partial charge < -0.3 is 10.2 Å². The molecule has 1 N–H and O–H groups in total. The van der Waals surface area contributed by atoms with Crippen molar-refractivity contribution in [2.24, 2.45) is 5.92 Å². The zero-order valence-electron chi connectivity index (χ0n) is 18.1. The van der Waals surface area contributed by atoms with Crippen LogP contribution in [0.3, 0.4) is 0 Å². The van der Waals surface area contributed by atoms with Gasteiger partial charge in [0.1, 0.15) is 5.69 Å². The fourth-order valence-corrected chi connectivity index (χ4v) is 4.25. The van der Waals surface area contributed by atoms with Crippen molar-refractivity contribution >= 4 is 22.8 Å². The summed E-state index contributed by atoms with van der Waals surface area (Å²) in [5.41, 5.74) is 3.23. The SMILES string of the molecule is C=CCNC(=O)[C@H](C#N)c1nc2ccccc2nc1N1CCC(Cc2ccccc2)CC1. The van der Waals surface area contributed by atoms with E-state index in [1.807, 2.05) is 30.3 Å². The molecule has 1 saturated heterocycles. The lowest BCUT2D eigenvalue weighted by Crippen LogP contribution is -2.37. The number of nitriles is 1. The van der Waals surface area contributed by atoms with Gasteiger partial charge in [0.05, 0.1) is 17.1 Å². The predicted molar refractivity (Wildman–Crippen MR) is 126 cm³/mol. The lowest BCUT2D eigenvalue weighted by atomic mass is 9.90. The van der Waals surface area contributed by atoms with Crippen molar-refractivity contribution in [3.63, 3.8) is 0 Å². The number of amides is 1. The van der Waals surface area contributed by atoms with Crippen molar-refractivity contribution in [3.05, 3.63) is 78.5 Å². The van der Waals surface area contributed by atoms with Gasteiger partial charge in [0.2, 0.25) is 5.91 Å². The fraction of sp³-hybridized carbons (Fsp3) is 0.308. The number of nitrogens with one attached hydrogen (secondary N) is 1. The second kappa shape index (κ2) is 10.1. The van der Waals surface area contributed by atoms with Gasteiger partial charge in [-0.15, -0.1) is 6.58 Å². The average Bonchev–Trinajstić information content (AvgIpc) is 2.84. The lowest BCUT2D eigenvalue weighted by Gasteiger charge is -2.34. The molecule has 2 aromatic carbocycles. The molecule has 0 radical (unpaired) electrons.